The summed E-state index contributed by atoms with van der Waals surface area (Å²) in [6.45, 7) is 0. The summed E-state index contributed by atoms with van der Waals surface area (Å²) in [4.78, 5) is 7.44. The number of halogens is 1. The molecule has 1 aromatic heterocycles. The third kappa shape index (κ3) is 4.12. The highest BCUT2D eigenvalue weighted by atomic mass is 32.2. The molecule has 0 aliphatic heterocycles. The summed E-state index contributed by atoms with van der Waals surface area (Å²) in [6, 6.07) is 8.92. The van der Waals surface area contributed by atoms with Gasteiger partial charge in [-0.2, -0.15) is 0 Å². The SMILES string of the molecule is CS(=O)(=O)C1CC=c2ccc3c(c2C1)CC=c1ccc(F)cc1=3.c1cnccn1. The molecule has 0 fully saturated rings. The quantitative estimate of drug-likeness (QED) is 0.619. The molecule has 0 saturated carbocycles. The van der Waals surface area contributed by atoms with Gasteiger partial charge in [0, 0.05) is 31.0 Å². The van der Waals surface area contributed by atoms with Crippen molar-refractivity contribution < 1.29 is 12.8 Å². The predicted molar refractivity (Wildman–Crippen MR) is 111 cm³/mol. The predicted octanol–water partition coefficient (Wildman–Crippen LogP) is 2.07. The van der Waals surface area contributed by atoms with Gasteiger partial charge in [0.15, 0.2) is 9.84 Å². The Morgan fingerprint density at radius 3 is 2.24 bits per heavy atom. The van der Waals surface area contributed by atoms with E-state index in [2.05, 4.69) is 16.0 Å². The van der Waals surface area contributed by atoms with Crippen molar-refractivity contribution >= 4 is 22.0 Å². The van der Waals surface area contributed by atoms with E-state index in [0.29, 0.717) is 12.8 Å². The van der Waals surface area contributed by atoms with Crippen LogP contribution in [-0.2, 0) is 22.7 Å². The minimum absolute atomic E-state index is 0.247. The Kier molecular flexibility index (Phi) is 5.28. The van der Waals surface area contributed by atoms with Gasteiger partial charge in [-0.15, -0.1) is 0 Å². The van der Waals surface area contributed by atoms with Crippen LogP contribution in [0.15, 0.2) is 55.1 Å². The number of nitrogens with zero attached hydrogens (tertiary/aromatic N) is 2. The molecular weight excluding hydrogens is 387 g/mol. The fourth-order valence-corrected chi connectivity index (χ4v) is 4.84. The number of hydrogen-bond donors (Lipinski definition) is 0. The second-order valence-electron chi connectivity index (χ2n) is 7.29. The van der Waals surface area contributed by atoms with Crippen LogP contribution < -0.4 is 10.4 Å². The number of aromatic nitrogens is 2. The lowest BCUT2D eigenvalue weighted by molar-refractivity contribution is 0.583. The highest BCUT2D eigenvalue weighted by Gasteiger charge is 2.25. The number of fused-ring (bicyclic) bond motifs is 4. The van der Waals surface area contributed by atoms with Crippen LogP contribution in [0.5, 0.6) is 0 Å². The Hall–Kier alpha value is -2.86. The van der Waals surface area contributed by atoms with Gasteiger partial charge in [0.05, 0.1) is 5.25 Å². The summed E-state index contributed by atoms with van der Waals surface area (Å²) in [5.74, 6) is -0.247. The molecule has 6 heteroatoms. The third-order valence-electron chi connectivity index (χ3n) is 5.41. The molecule has 29 heavy (non-hydrogen) atoms. The molecule has 0 amide bonds. The van der Waals surface area contributed by atoms with Crippen LogP contribution in [0.25, 0.3) is 12.2 Å². The molecule has 2 aliphatic rings. The lowest BCUT2D eigenvalue weighted by Gasteiger charge is -2.22. The Bertz CT molecular complexity index is 1340. The van der Waals surface area contributed by atoms with Gasteiger partial charge in [-0.25, -0.2) is 12.8 Å². The Morgan fingerprint density at radius 2 is 1.59 bits per heavy atom. The average Bonchev–Trinajstić information content (AvgIpc) is 2.74. The van der Waals surface area contributed by atoms with Crippen molar-refractivity contribution in [3.05, 3.63) is 92.9 Å². The first-order valence-corrected chi connectivity index (χ1v) is 11.4. The summed E-state index contributed by atoms with van der Waals surface area (Å²) < 4.78 is 37.5. The average molecular weight is 408 g/mol. The fourth-order valence-electron chi connectivity index (χ4n) is 3.93. The molecule has 3 aromatic rings. The molecule has 0 N–H and O–H groups in total. The Labute approximate surface area is 168 Å². The van der Waals surface area contributed by atoms with E-state index in [1.807, 2.05) is 18.2 Å². The van der Waals surface area contributed by atoms with Crippen LogP contribution in [0.4, 0.5) is 4.39 Å². The van der Waals surface area contributed by atoms with Crippen LogP contribution >= 0.6 is 0 Å². The lowest BCUT2D eigenvalue weighted by atomic mass is 9.88. The zero-order valence-corrected chi connectivity index (χ0v) is 16.9. The van der Waals surface area contributed by atoms with Crippen LogP contribution in [0.2, 0.25) is 0 Å². The highest BCUT2D eigenvalue weighted by Crippen LogP contribution is 2.21. The van der Waals surface area contributed by atoms with Crippen molar-refractivity contribution in [2.24, 2.45) is 0 Å². The first kappa shape index (κ1) is 19.5. The molecule has 0 saturated heterocycles. The first-order chi connectivity index (χ1) is 13.9. The maximum Gasteiger partial charge on any atom is 0.150 e. The normalized spacial score (nSPS) is 16.7. The monoisotopic (exact) mass is 408 g/mol. The van der Waals surface area contributed by atoms with E-state index < -0.39 is 9.84 Å². The second kappa shape index (κ2) is 7.87. The van der Waals surface area contributed by atoms with Gasteiger partial charge in [0.1, 0.15) is 5.82 Å². The van der Waals surface area contributed by atoms with Gasteiger partial charge in [-0.05, 0) is 63.4 Å². The van der Waals surface area contributed by atoms with Crippen molar-refractivity contribution in [3.8, 4) is 0 Å². The van der Waals surface area contributed by atoms with E-state index in [-0.39, 0.29) is 11.1 Å². The molecule has 0 spiro atoms. The standard InChI is InChI=1S/C19H17FO2S.C4H4N2/c1-23(21,22)15-7-3-13-5-8-16-17(19(13)11-15)9-4-12-2-6-14(20)10-18(12)16;1-2-6-4-3-5-1/h2-6,8,10,15H,7,9,11H2,1H3;1-4H. The zero-order chi connectivity index (χ0) is 20.4. The minimum atomic E-state index is -3.06. The second-order valence-corrected chi connectivity index (χ2v) is 9.61. The van der Waals surface area contributed by atoms with Crippen LogP contribution in [0, 0.1) is 16.3 Å². The molecule has 2 aromatic carbocycles. The van der Waals surface area contributed by atoms with Crippen molar-refractivity contribution in [3.63, 3.8) is 0 Å². The smallest absolute Gasteiger partial charge is 0.150 e. The summed E-state index contributed by atoms with van der Waals surface area (Å²) in [5, 5.41) is 3.74. The van der Waals surface area contributed by atoms with Crippen molar-refractivity contribution in [1.29, 1.82) is 0 Å². The Morgan fingerprint density at radius 1 is 0.897 bits per heavy atom. The van der Waals surface area contributed by atoms with Gasteiger partial charge in [0.2, 0.25) is 0 Å². The van der Waals surface area contributed by atoms with Crippen molar-refractivity contribution in [1.82, 2.24) is 9.97 Å². The van der Waals surface area contributed by atoms with Crippen molar-refractivity contribution in [2.45, 2.75) is 24.5 Å². The van der Waals surface area contributed by atoms with Gasteiger partial charge >= 0.3 is 0 Å². The topological polar surface area (TPSA) is 59.9 Å². The number of rotatable bonds is 1. The third-order valence-corrected chi connectivity index (χ3v) is 6.98. The molecule has 2 aliphatic carbocycles. The van der Waals surface area contributed by atoms with Gasteiger partial charge < -0.3 is 0 Å². The van der Waals surface area contributed by atoms with Gasteiger partial charge in [-0.1, -0.05) is 30.4 Å². The largest absolute Gasteiger partial charge is 0.262 e. The molecule has 148 valence electrons. The van der Waals surface area contributed by atoms with E-state index in [1.54, 1.807) is 36.9 Å². The molecule has 1 heterocycles. The van der Waals surface area contributed by atoms with E-state index in [9.17, 15) is 12.8 Å². The van der Waals surface area contributed by atoms with Gasteiger partial charge in [-0.3, -0.25) is 9.97 Å². The lowest BCUT2D eigenvalue weighted by Crippen LogP contribution is -2.31. The van der Waals surface area contributed by atoms with E-state index >= 15 is 0 Å². The fraction of sp³-hybridized carbons (Fsp3) is 0.217. The zero-order valence-electron chi connectivity index (χ0n) is 16.0. The van der Waals surface area contributed by atoms with E-state index in [0.717, 1.165) is 38.4 Å². The van der Waals surface area contributed by atoms with E-state index in [1.165, 1.54) is 12.3 Å². The highest BCUT2D eigenvalue weighted by molar-refractivity contribution is 7.91. The van der Waals surface area contributed by atoms with Crippen molar-refractivity contribution in [2.75, 3.05) is 6.26 Å². The maximum atomic E-state index is 13.6. The van der Waals surface area contributed by atoms with Crippen LogP contribution in [0.1, 0.15) is 17.5 Å². The van der Waals surface area contributed by atoms with E-state index in [4.69, 9.17) is 0 Å². The van der Waals surface area contributed by atoms with Gasteiger partial charge in [0.25, 0.3) is 0 Å². The first-order valence-electron chi connectivity index (χ1n) is 9.43. The molecule has 5 rings (SSSR count). The molecule has 0 bridgehead atoms. The number of hydrogen-bond acceptors (Lipinski definition) is 4. The summed E-state index contributed by atoms with van der Waals surface area (Å²) in [6.07, 6.45) is 13.9. The number of sulfone groups is 1. The minimum Gasteiger partial charge on any atom is -0.262 e. The summed E-state index contributed by atoms with van der Waals surface area (Å²) in [7, 11) is -3.06. The molecule has 4 nitrogen and oxygen atoms in total. The summed E-state index contributed by atoms with van der Waals surface area (Å²) in [5.41, 5.74) is 2.25. The molecule has 0 radical (unpaired) electrons. The molecular formula is C23H21FN2O2S. The number of benzene rings is 2. The van der Waals surface area contributed by atoms with Crippen LogP contribution in [0.3, 0.4) is 0 Å². The molecule has 1 atom stereocenters. The Balaban J connectivity index is 0.000000294. The van der Waals surface area contributed by atoms with Crippen LogP contribution in [-0.4, -0.2) is 29.9 Å². The molecule has 1 unspecified atom stereocenters. The summed E-state index contributed by atoms with van der Waals surface area (Å²) >= 11 is 0. The maximum absolute atomic E-state index is 13.6.